The highest BCUT2D eigenvalue weighted by Gasteiger charge is 2.28. The van der Waals surface area contributed by atoms with Crippen LogP contribution in [0.4, 0.5) is 19.3 Å². The molecule has 3 amide bonds. The smallest absolute Gasteiger partial charge is 0.321 e. The van der Waals surface area contributed by atoms with Crippen molar-refractivity contribution in [2.45, 2.75) is 18.9 Å². The van der Waals surface area contributed by atoms with Crippen molar-refractivity contribution in [2.75, 3.05) is 25.5 Å². The fourth-order valence-electron chi connectivity index (χ4n) is 3.54. The van der Waals surface area contributed by atoms with Crippen LogP contribution in [0.1, 0.15) is 22.5 Å². The van der Waals surface area contributed by atoms with Crippen LogP contribution in [0.5, 0.6) is 0 Å². The van der Waals surface area contributed by atoms with Gasteiger partial charge in [0.25, 0.3) is 5.91 Å². The number of nitrogens with one attached hydrogen (secondary N) is 1. The number of likely N-dealkylation sites (tertiary alicyclic amines) is 1. The average molecular weight is 458 g/mol. The van der Waals surface area contributed by atoms with Crippen molar-refractivity contribution in [2.24, 2.45) is 0 Å². The number of anilines is 1. The number of thiazole rings is 1. The second-order valence-electron chi connectivity index (χ2n) is 7.38. The molecule has 1 aromatic carbocycles. The lowest BCUT2D eigenvalue weighted by Gasteiger charge is -2.36. The summed E-state index contributed by atoms with van der Waals surface area (Å²) in [5.74, 6) is -1.33. The zero-order valence-corrected chi connectivity index (χ0v) is 18.0. The van der Waals surface area contributed by atoms with Gasteiger partial charge in [-0.3, -0.25) is 9.78 Å². The molecule has 1 N–H and O–H groups in total. The number of hydrogen-bond acceptors (Lipinski definition) is 6. The highest BCUT2D eigenvalue weighted by atomic mass is 32.1. The summed E-state index contributed by atoms with van der Waals surface area (Å²) in [6, 6.07) is 2.70. The molecule has 1 aliphatic rings. The van der Waals surface area contributed by atoms with Crippen molar-refractivity contribution >= 4 is 29.0 Å². The van der Waals surface area contributed by atoms with Gasteiger partial charge in [0.05, 0.1) is 29.8 Å². The van der Waals surface area contributed by atoms with Crippen molar-refractivity contribution in [3.63, 3.8) is 0 Å². The van der Waals surface area contributed by atoms with Crippen molar-refractivity contribution < 1.29 is 18.4 Å². The minimum absolute atomic E-state index is 0.0176. The summed E-state index contributed by atoms with van der Waals surface area (Å²) in [7, 11) is 1.70. The molecule has 166 valence electrons. The minimum atomic E-state index is -0.720. The molecule has 32 heavy (non-hydrogen) atoms. The molecule has 3 heterocycles. The Labute approximate surface area is 186 Å². The number of carbonyl (C=O) groups excluding carboxylic acids is 2. The van der Waals surface area contributed by atoms with Gasteiger partial charge in [-0.25, -0.2) is 23.5 Å². The molecule has 0 aliphatic carbocycles. The maximum Gasteiger partial charge on any atom is 0.321 e. The molecular weight excluding hydrogens is 438 g/mol. The largest absolute Gasteiger partial charge is 0.338 e. The maximum atomic E-state index is 13.4. The van der Waals surface area contributed by atoms with E-state index in [0.29, 0.717) is 36.5 Å². The fraction of sp³-hybridized carbons (Fsp3) is 0.286. The SMILES string of the molecule is CN(C(=O)Nc1cnc(-c2cc(F)cc(F)c2)nc1)C1CCN(C(=O)c2cncs2)CC1. The van der Waals surface area contributed by atoms with E-state index >= 15 is 0 Å². The molecule has 4 rings (SSSR count). The van der Waals surface area contributed by atoms with Crippen LogP contribution in [-0.2, 0) is 0 Å². The van der Waals surface area contributed by atoms with Crippen LogP contribution in [0.2, 0.25) is 0 Å². The van der Waals surface area contributed by atoms with E-state index in [1.807, 2.05) is 0 Å². The molecule has 11 heteroatoms. The standard InChI is InChI=1S/C21H20F2N6O2S/c1-28(17-2-4-29(5-3-17)20(30)18-11-24-12-32-18)21(31)27-16-9-25-19(26-10-16)13-6-14(22)8-15(23)7-13/h6-12,17H,2-5H2,1H3,(H,27,31). The third-order valence-corrected chi connectivity index (χ3v) is 6.05. The van der Waals surface area contributed by atoms with Gasteiger partial charge in [0.15, 0.2) is 5.82 Å². The quantitative estimate of drug-likeness (QED) is 0.645. The van der Waals surface area contributed by atoms with Crippen LogP contribution in [0.25, 0.3) is 11.4 Å². The van der Waals surface area contributed by atoms with Crippen molar-refractivity contribution in [1.29, 1.82) is 0 Å². The summed E-state index contributed by atoms with van der Waals surface area (Å²) in [5.41, 5.74) is 2.20. The van der Waals surface area contributed by atoms with Gasteiger partial charge in [-0.15, -0.1) is 11.3 Å². The topological polar surface area (TPSA) is 91.3 Å². The van der Waals surface area contributed by atoms with E-state index in [4.69, 9.17) is 0 Å². The second-order valence-corrected chi connectivity index (χ2v) is 8.27. The van der Waals surface area contributed by atoms with Gasteiger partial charge in [0.2, 0.25) is 0 Å². The first-order valence-electron chi connectivity index (χ1n) is 9.91. The lowest BCUT2D eigenvalue weighted by atomic mass is 10.0. The highest BCUT2D eigenvalue weighted by molar-refractivity contribution is 7.11. The predicted octanol–water partition coefficient (Wildman–Crippen LogP) is 3.65. The lowest BCUT2D eigenvalue weighted by Crippen LogP contribution is -2.48. The van der Waals surface area contributed by atoms with Crippen LogP contribution < -0.4 is 5.32 Å². The number of piperidine rings is 1. The van der Waals surface area contributed by atoms with Gasteiger partial charge >= 0.3 is 6.03 Å². The molecule has 0 unspecified atom stereocenters. The molecule has 1 aliphatic heterocycles. The molecule has 1 saturated heterocycles. The van der Waals surface area contributed by atoms with Gasteiger partial charge in [0.1, 0.15) is 16.5 Å². The van der Waals surface area contributed by atoms with Gasteiger partial charge in [-0.05, 0) is 25.0 Å². The van der Waals surface area contributed by atoms with E-state index in [1.165, 1.54) is 23.7 Å². The van der Waals surface area contributed by atoms with E-state index in [0.717, 1.165) is 18.2 Å². The molecule has 0 radical (unpaired) electrons. The first-order chi connectivity index (χ1) is 15.4. The number of aromatic nitrogens is 3. The van der Waals surface area contributed by atoms with Crippen molar-refractivity contribution in [3.05, 3.63) is 58.8 Å². The first-order valence-corrected chi connectivity index (χ1v) is 10.8. The molecule has 0 bridgehead atoms. The lowest BCUT2D eigenvalue weighted by molar-refractivity contribution is 0.0676. The van der Waals surface area contributed by atoms with Gasteiger partial charge in [-0.2, -0.15) is 0 Å². The number of halogens is 2. The van der Waals surface area contributed by atoms with Crippen LogP contribution in [0.15, 0.2) is 42.3 Å². The van der Waals surface area contributed by atoms with Crippen molar-refractivity contribution in [1.82, 2.24) is 24.8 Å². The van der Waals surface area contributed by atoms with Crippen LogP contribution in [0.3, 0.4) is 0 Å². The number of amides is 3. The molecule has 0 saturated carbocycles. The van der Waals surface area contributed by atoms with E-state index in [-0.39, 0.29) is 29.4 Å². The normalized spacial score (nSPS) is 14.3. The summed E-state index contributed by atoms with van der Waals surface area (Å²) >= 11 is 1.31. The van der Waals surface area contributed by atoms with E-state index in [1.54, 1.807) is 28.6 Å². The highest BCUT2D eigenvalue weighted by Crippen LogP contribution is 2.21. The van der Waals surface area contributed by atoms with E-state index in [2.05, 4.69) is 20.3 Å². The molecule has 0 spiro atoms. The number of nitrogens with zero attached hydrogens (tertiary/aromatic N) is 5. The Balaban J connectivity index is 1.32. The predicted molar refractivity (Wildman–Crippen MR) is 115 cm³/mol. The molecule has 0 atom stereocenters. The van der Waals surface area contributed by atoms with E-state index < -0.39 is 11.6 Å². The molecule has 2 aromatic heterocycles. The summed E-state index contributed by atoms with van der Waals surface area (Å²) in [5, 5.41) is 2.72. The Kier molecular flexibility index (Phi) is 6.35. The number of carbonyl (C=O) groups is 2. The number of benzene rings is 1. The third kappa shape index (κ3) is 4.88. The number of rotatable bonds is 4. The summed E-state index contributed by atoms with van der Waals surface area (Å²) in [6.07, 6.45) is 5.65. The van der Waals surface area contributed by atoms with E-state index in [9.17, 15) is 18.4 Å². The zero-order valence-electron chi connectivity index (χ0n) is 17.2. The Bertz CT molecular complexity index is 1080. The minimum Gasteiger partial charge on any atom is -0.338 e. The molecule has 3 aromatic rings. The second kappa shape index (κ2) is 9.35. The third-order valence-electron chi connectivity index (χ3n) is 5.29. The van der Waals surface area contributed by atoms with Gasteiger partial charge in [-0.1, -0.05) is 0 Å². The Morgan fingerprint density at radius 3 is 2.34 bits per heavy atom. The monoisotopic (exact) mass is 458 g/mol. The number of urea groups is 1. The van der Waals surface area contributed by atoms with Crippen LogP contribution in [0, 0.1) is 11.6 Å². The molecule has 8 nitrogen and oxygen atoms in total. The summed E-state index contributed by atoms with van der Waals surface area (Å²) < 4.78 is 26.8. The van der Waals surface area contributed by atoms with Gasteiger partial charge < -0.3 is 15.1 Å². The summed E-state index contributed by atoms with van der Waals surface area (Å²) in [4.78, 5) is 41.2. The zero-order chi connectivity index (χ0) is 22.7. The Hall–Kier alpha value is -3.47. The number of hydrogen-bond donors (Lipinski definition) is 1. The summed E-state index contributed by atoms with van der Waals surface area (Å²) in [6.45, 7) is 1.11. The first kappa shape index (κ1) is 21.8. The average Bonchev–Trinajstić information content (AvgIpc) is 3.33. The Morgan fingerprint density at radius 1 is 1.09 bits per heavy atom. The van der Waals surface area contributed by atoms with Crippen molar-refractivity contribution in [3.8, 4) is 11.4 Å². The maximum absolute atomic E-state index is 13.4. The van der Waals surface area contributed by atoms with Crippen LogP contribution >= 0.6 is 11.3 Å². The van der Waals surface area contributed by atoms with Crippen LogP contribution in [-0.4, -0.2) is 62.9 Å². The molecule has 1 fully saturated rings. The van der Waals surface area contributed by atoms with Gasteiger partial charge in [0, 0.05) is 37.8 Å². The Morgan fingerprint density at radius 2 is 1.75 bits per heavy atom. The fourth-order valence-corrected chi connectivity index (χ4v) is 4.12. The molecular formula is C21H20F2N6O2S.